The summed E-state index contributed by atoms with van der Waals surface area (Å²) < 4.78 is 6.79. The monoisotopic (exact) mass is 620 g/mol. The Morgan fingerprint density at radius 1 is 0.286 bits per heavy atom. The minimum atomic E-state index is 0.906. The van der Waals surface area contributed by atoms with Gasteiger partial charge in [0, 0.05) is 16.3 Å². The number of fused-ring (bicyclic) bond motifs is 6. The highest BCUT2D eigenvalue weighted by Gasteiger charge is 2.19. The molecule has 0 N–H and O–H groups in total. The molecule has 0 unspecified atom stereocenters. The van der Waals surface area contributed by atoms with Gasteiger partial charge in [-0.05, 0) is 93.8 Å². The first-order valence-electron chi connectivity index (χ1n) is 16.9. The van der Waals surface area contributed by atoms with Crippen molar-refractivity contribution >= 4 is 75.8 Å². The second-order valence-electron chi connectivity index (χ2n) is 13.2. The molecule has 11 aromatic rings. The second kappa shape index (κ2) is 10.0. The Morgan fingerprint density at radius 3 is 1.73 bits per heavy atom. The van der Waals surface area contributed by atoms with E-state index in [-0.39, 0.29) is 0 Å². The van der Waals surface area contributed by atoms with Gasteiger partial charge in [-0.25, -0.2) is 0 Å². The fourth-order valence-electron chi connectivity index (χ4n) is 8.37. The van der Waals surface area contributed by atoms with Crippen molar-refractivity contribution in [2.75, 3.05) is 0 Å². The molecule has 0 spiro atoms. The third-order valence-electron chi connectivity index (χ3n) is 10.6. The van der Waals surface area contributed by atoms with Crippen LogP contribution in [-0.4, -0.2) is 0 Å². The van der Waals surface area contributed by atoms with Gasteiger partial charge in [-0.3, -0.25) is 0 Å². The summed E-state index contributed by atoms with van der Waals surface area (Å²) >= 11 is 0. The topological polar surface area (TPSA) is 13.1 Å². The highest BCUT2D eigenvalue weighted by Crippen LogP contribution is 2.46. The molecule has 1 heteroatoms. The van der Waals surface area contributed by atoms with Crippen LogP contribution in [0.2, 0.25) is 0 Å². The van der Waals surface area contributed by atoms with E-state index in [2.05, 4.69) is 170 Å². The SMILES string of the molecule is c1ccc(-c2ccc3ccc4c(-c5cccc6oc7c(-c8ccc9ccc%10ccccc%10c9c8)cccc7c56)ccc5ccc2c3c54)cc1. The summed E-state index contributed by atoms with van der Waals surface area (Å²) in [6.07, 6.45) is 0. The number of hydrogen-bond acceptors (Lipinski definition) is 1. The Labute approximate surface area is 282 Å². The van der Waals surface area contributed by atoms with Gasteiger partial charge in [0.05, 0.1) is 0 Å². The molecule has 0 bridgehead atoms. The normalized spacial score (nSPS) is 12.1. The number of rotatable bonds is 3. The zero-order valence-electron chi connectivity index (χ0n) is 26.6. The second-order valence-corrected chi connectivity index (χ2v) is 13.2. The van der Waals surface area contributed by atoms with Gasteiger partial charge in [0.15, 0.2) is 0 Å². The van der Waals surface area contributed by atoms with E-state index in [1.807, 2.05) is 0 Å². The van der Waals surface area contributed by atoms with Crippen LogP contribution in [0.1, 0.15) is 0 Å². The van der Waals surface area contributed by atoms with Crippen LogP contribution < -0.4 is 0 Å². The lowest BCUT2D eigenvalue weighted by Crippen LogP contribution is -1.89. The molecular formula is C48H28O. The van der Waals surface area contributed by atoms with Gasteiger partial charge in [-0.2, -0.15) is 0 Å². The predicted molar refractivity (Wildman–Crippen MR) is 209 cm³/mol. The molecular weight excluding hydrogens is 593 g/mol. The van der Waals surface area contributed by atoms with Crippen LogP contribution >= 0.6 is 0 Å². The van der Waals surface area contributed by atoms with E-state index in [9.17, 15) is 0 Å². The average molecular weight is 621 g/mol. The molecule has 0 amide bonds. The van der Waals surface area contributed by atoms with Crippen molar-refractivity contribution in [3.05, 3.63) is 170 Å². The van der Waals surface area contributed by atoms with Gasteiger partial charge < -0.3 is 4.42 Å². The maximum Gasteiger partial charge on any atom is 0.143 e. The van der Waals surface area contributed by atoms with Crippen molar-refractivity contribution in [3.63, 3.8) is 0 Å². The molecule has 0 saturated heterocycles. The van der Waals surface area contributed by atoms with Gasteiger partial charge >= 0.3 is 0 Å². The molecule has 0 fully saturated rings. The summed E-state index contributed by atoms with van der Waals surface area (Å²) in [6, 6.07) is 62.0. The largest absolute Gasteiger partial charge is 0.455 e. The first kappa shape index (κ1) is 26.6. The fraction of sp³-hybridized carbons (Fsp3) is 0. The molecule has 1 nitrogen and oxygen atoms in total. The standard InChI is InChI=1S/C48H28O/c1-2-8-29(9-3-1)36-24-20-32-23-27-41-38(25-21-33-22-26-40(36)45(32)46(33)41)39-13-7-15-44-47(39)42-14-6-12-37(48(42)49-44)34-19-18-31-17-16-30-10-4-5-11-35(30)43(31)28-34/h1-28H. The van der Waals surface area contributed by atoms with Crippen molar-refractivity contribution < 1.29 is 4.42 Å². The Morgan fingerprint density at radius 2 is 0.898 bits per heavy atom. The summed E-state index contributed by atoms with van der Waals surface area (Å²) in [7, 11) is 0. The molecule has 11 rings (SSSR count). The Bertz CT molecular complexity index is 3090. The van der Waals surface area contributed by atoms with E-state index in [1.54, 1.807) is 0 Å². The van der Waals surface area contributed by atoms with E-state index >= 15 is 0 Å². The average Bonchev–Trinajstić information content (AvgIpc) is 3.56. The van der Waals surface area contributed by atoms with Crippen LogP contribution in [0.4, 0.5) is 0 Å². The lowest BCUT2D eigenvalue weighted by molar-refractivity contribution is 0.670. The third kappa shape index (κ3) is 3.82. The van der Waals surface area contributed by atoms with Crippen LogP contribution in [0, 0.1) is 0 Å². The van der Waals surface area contributed by atoms with E-state index < -0.39 is 0 Å². The van der Waals surface area contributed by atoms with Crippen molar-refractivity contribution in [2.45, 2.75) is 0 Å². The quantitative estimate of drug-likeness (QED) is 0.179. The number of para-hydroxylation sites is 1. The van der Waals surface area contributed by atoms with E-state index in [0.29, 0.717) is 0 Å². The first-order chi connectivity index (χ1) is 24.3. The molecule has 0 radical (unpaired) electrons. The molecule has 0 atom stereocenters. The predicted octanol–water partition coefficient (Wildman–Crippen LogP) is 13.8. The molecule has 226 valence electrons. The van der Waals surface area contributed by atoms with Crippen LogP contribution in [0.3, 0.4) is 0 Å². The third-order valence-corrected chi connectivity index (χ3v) is 10.6. The zero-order chi connectivity index (χ0) is 32.1. The lowest BCUT2D eigenvalue weighted by atomic mass is 9.86. The van der Waals surface area contributed by atoms with Gasteiger partial charge in [0.25, 0.3) is 0 Å². The summed E-state index contributed by atoms with van der Waals surface area (Å²) in [5.41, 5.74) is 9.03. The smallest absolute Gasteiger partial charge is 0.143 e. The Balaban J connectivity index is 1.15. The molecule has 1 aromatic heterocycles. The van der Waals surface area contributed by atoms with Crippen LogP contribution in [0.25, 0.3) is 109 Å². The zero-order valence-corrected chi connectivity index (χ0v) is 26.6. The highest BCUT2D eigenvalue weighted by molar-refractivity contribution is 6.29. The first-order valence-corrected chi connectivity index (χ1v) is 16.9. The molecule has 0 aliphatic rings. The number of hydrogen-bond donors (Lipinski definition) is 0. The van der Waals surface area contributed by atoms with Crippen LogP contribution in [-0.2, 0) is 0 Å². The number of furan rings is 1. The van der Waals surface area contributed by atoms with Crippen LogP contribution in [0.5, 0.6) is 0 Å². The highest BCUT2D eigenvalue weighted by atomic mass is 16.3. The van der Waals surface area contributed by atoms with Crippen molar-refractivity contribution in [2.24, 2.45) is 0 Å². The van der Waals surface area contributed by atoms with Gasteiger partial charge in [-0.1, -0.05) is 158 Å². The van der Waals surface area contributed by atoms with Gasteiger partial charge in [-0.15, -0.1) is 0 Å². The van der Waals surface area contributed by atoms with Crippen molar-refractivity contribution in [1.29, 1.82) is 0 Å². The maximum absolute atomic E-state index is 6.79. The summed E-state index contributed by atoms with van der Waals surface area (Å²) in [5, 5.41) is 15.0. The van der Waals surface area contributed by atoms with E-state index in [0.717, 1.165) is 33.1 Å². The summed E-state index contributed by atoms with van der Waals surface area (Å²) in [5.74, 6) is 0. The molecule has 10 aromatic carbocycles. The maximum atomic E-state index is 6.79. The lowest BCUT2D eigenvalue weighted by Gasteiger charge is -2.17. The molecule has 0 aliphatic heterocycles. The number of benzene rings is 10. The minimum Gasteiger partial charge on any atom is -0.455 e. The van der Waals surface area contributed by atoms with Gasteiger partial charge in [0.2, 0.25) is 0 Å². The van der Waals surface area contributed by atoms with Crippen molar-refractivity contribution in [3.8, 4) is 33.4 Å². The van der Waals surface area contributed by atoms with E-state index in [1.165, 1.54) is 76.1 Å². The summed E-state index contributed by atoms with van der Waals surface area (Å²) in [6.45, 7) is 0. The Kier molecular flexibility index (Phi) is 5.45. The van der Waals surface area contributed by atoms with Crippen LogP contribution in [0.15, 0.2) is 174 Å². The Hall–Kier alpha value is -6.44. The molecule has 0 aliphatic carbocycles. The van der Waals surface area contributed by atoms with Crippen molar-refractivity contribution in [1.82, 2.24) is 0 Å². The van der Waals surface area contributed by atoms with Gasteiger partial charge in [0.1, 0.15) is 11.2 Å². The fourth-order valence-corrected chi connectivity index (χ4v) is 8.37. The minimum absolute atomic E-state index is 0.906. The van der Waals surface area contributed by atoms with E-state index in [4.69, 9.17) is 4.42 Å². The molecule has 49 heavy (non-hydrogen) atoms. The molecule has 0 saturated carbocycles. The molecule has 1 heterocycles. The summed E-state index contributed by atoms with van der Waals surface area (Å²) in [4.78, 5) is 0.